The first-order chi connectivity index (χ1) is 11.4. The van der Waals surface area contributed by atoms with E-state index in [1.807, 2.05) is 0 Å². The molecule has 0 bridgehead atoms. The average molecular weight is 333 g/mol. The summed E-state index contributed by atoms with van der Waals surface area (Å²) in [5.74, 6) is 0.932. The van der Waals surface area contributed by atoms with Crippen LogP contribution in [0.5, 0.6) is 5.75 Å². The molecule has 1 N–H and O–H groups in total. The van der Waals surface area contributed by atoms with E-state index in [0.29, 0.717) is 33.7 Å². The first kappa shape index (κ1) is 16.0. The molecule has 24 heavy (non-hydrogen) atoms. The zero-order valence-corrected chi connectivity index (χ0v) is 13.0. The van der Waals surface area contributed by atoms with Crippen molar-refractivity contribution in [3.05, 3.63) is 48.2 Å². The van der Waals surface area contributed by atoms with Crippen LogP contribution < -0.4 is 10.1 Å². The molecule has 1 heterocycles. The average Bonchev–Trinajstić information content (AvgIpc) is 2.59. The molecular weight excluding hydrogens is 319 g/mol. The van der Waals surface area contributed by atoms with E-state index in [0.717, 1.165) is 12.1 Å². The second kappa shape index (κ2) is 5.99. The highest BCUT2D eigenvalue weighted by molar-refractivity contribution is 5.97. The fourth-order valence-electron chi connectivity index (χ4n) is 2.49. The quantitative estimate of drug-likeness (QED) is 0.773. The van der Waals surface area contributed by atoms with Gasteiger partial charge in [-0.05, 0) is 35.4 Å². The molecule has 0 saturated heterocycles. The zero-order valence-electron chi connectivity index (χ0n) is 13.0. The summed E-state index contributed by atoms with van der Waals surface area (Å²) in [4.78, 5) is 8.51. The van der Waals surface area contributed by atoms with E-state index in [-0.39, 0.29) is 0 Å². The number of halogens is 3. The van der Waals surface area contributed by atoms with E-state index in [1.54, 1.807) is 31.4 Å². The van der Waals surface area contributed by atoms with Gasteiger partial charge in [-0.3, -0.25) is 0 Å². The molecule has 0 unspecified atom stereocenters. The Kier molecular flexibility index (Phi) is 4.01. The molecule has 4 nitrogen and oxygen atoms in total. The Bertz CT molecular complexity index is 894. The van der Waals surface area contributed by atoms with Crippen LogP contribution in [0.3, 0.4) is 0 Å². The van der Waals surface area contributed by atoms with Gasteiger partial charge in [0.05, 0.1) is 12.7 Å². The maximum absolute atomic E-state index is 13.0. The molecule has 3 aromatic rings. The Labute approximate surface area is 136 Å². The molecule has 0 aliphatic carbocycles. The molecule has 0 fully saturated rings. The Morgan fingerprint density at radius 3 is 2.58 bits per heavy atom. The Morgan fingerprint density at radius 1 is 1.12 bits per heavy atom. The van der Waals surface area contributed by atoms with Crippen molar-refractivity contribution in [2.75, 3.05) is 19.5 Å². The summed E-state index contributed by atoms with van der Waals surface area (Å²) in [6.07, 6.45) is -2.82. The lowest BCUT2D eigenvalue weighted by molar-refractivity contribution is -0.137. The summed E-state index contributed by atoms with van der Waals surface area (Å²) in [5.41, 5.74) is 0.890. The number of hydrogen-bond acceptors (Lipinski definition) is 4. The summed E-state index contributed by atoms with van der Waals surface area (Å²) >= 11 is 0. The van der Waals surface area contributed by atoms with Crippen molar-refractivity contribution in [2.24, 2.45) is 0 Å². The molecule has 0 atom stereocenters. The second-order valence-corrected chi connectivity index (χ2v) is 5.10. The molecule has 1 aromatic heterocycles. The third kappa shape index (κ3) is 2.84. The number of anilines is 1. The topological polar surface area (TPSA) is 47.0 Å². The van der Waals surface area contributed by atoms with Crippen LogP contribution in [0.4, 0.5) is 19.1 Å². The van der Waals surface area contributed by atoms with E-state index < -0.39 is 11.7 Å². The minimum absolute atomic E-state index is 0.405. The number of ether oxygens (including phenoxy) is 1. The number of nitrogens with one attached hydrogen (secondary N) is 1. The predicted octanol–water partition coefficient (Wildman–Crippen LogP) is 4.37. The number of aromatic nitrogens is 2. The normalized spacial score (nSPS) is 11.5. The highest BCUT2D eigenvalue weighted by Crippen LogP contribution is 2.36. The molecule has 0 aliphatic rings. The largest absolute Gasteiger partial charge is 0.494 e. The van der Waals surface area contributed by atoms with Crippen LogP contribution in [0.1, 0.15) is 5.56 Å². The van der Waals surface area contributed by atoms with Crippen molar-refractivity contribution in [3.63, 3.8) is 0 Å². The maximum Gasteiger partial charge on any atom is 0.416 e. The van der Waals surface area contributed by atoms with Gasteiger partial charge in [-0.15, -0.1) is 0 Å². The monoisotopic (exact) mass is 333 g/mol. The van der Waals surface area contributed by atoms with Gasteiger partial charge in [0.2, 0.25) is 5.95 Å². The Balaban J connectivity index is 2.24. The molecular formula is C17H14F3N3O. The van der Waals surface area contributed by atoms with E-state index in [4.69, 9.17) is 4.74 Å². The Morgan fingerprint density at radius 2 is 1.92 bits per heavy atom. The molecule has 7 heteroatoms. The third-order valence-electron chi connectivity index (χ3n) is 3.66. The molecule has 3 rings (SSSR count). The van der Waals surface area contributed by atoms with Crippen molar-refractivity contribution in [2.45, 2.75) is 6.18 Å². The summed E-state index contributed by atoms with van der Waals surface area (Å²) in [5, 5.41) is 3.45. The van der Waals surface area contributed by atoms with Gasteiger partial charge in [0.15, 0.2) is 0 Å². The number of nitrogens with zero attached hydrogens (tertiary/aromatic N) is 2. The molecule has 2 aromatic carbocycles. The third-order valence-corrected chi connectivity index (χ3v) is 3.66. The number of fused-ring (bicyclic) bond motifs is 1. The van der Waals surface area contributed by atoms with Gasteiger partial charge in [0.25, 0.3) is 0 Å². The summed E-state index contributed by atoms with van der Waals surface area (Å²) in [6, 6.07) is 8.57. The first-order valence-electron chi connectivity index (χ1n) is 7.13. The molecule has 0 radical (unpaired) electrons. The summed E-state index contributed by atoms with van der Waals surface area (Å²) < 4.78 is 44.2. The number of benzene rings is 2. The highest BCUT2D eigenvalue weighted by Gasteiger charge is 2.30. The fraction of sp³-hybridized carbons (Fsp3) is 0.176. The van der Waals surface area contributed by atoms with E-state index >= 15 is 0 Å². The number of methoxy groups -OCH3 is 1. The van der Waals surface area contributed by atoms with Gasteiger partial charge in [-0.1, -0.05) is 12.1 Å². The van der Waals surface area contributed by atoms with Crippen LogP contribution in [-0.2, 0) is 6.18 Å². The van der Waals surface area contributed by atoms with Gasteiger partial charge in [-0.25, -0.2) is 9.97 Å². The smallest absolute Gasteiger partial charge is 0.416 e. The summed E-state index contributed by atoms with van der Waals surface area (Å²) in [7, 11) is 3.20. The standard InChI is InChI=1S/C17H14F3N3O/c1-21-16-22-9-13-12(6-7-14(24-2)15(13)23-16)10-4-3-5-11(8-10)17(18,19)20/h3-9H,1-2H3,(H,21,22,23). The molecule has 0 saturated carbocycles. The van der Waals surface area contributed by atoms with Crippen molar-refractivity contribution in [1.29, 1.82) is 0 Å². The highest BCUT2D eigenvalue weighted by atomic mass is 19.4. The predicted molar refractivity (Wildman–Crippen MR) is 86.1 cm³/mol. The Hall–Kier alpha value is -2.83. The van der Waals surface area contributed by atoms with E-state index in [2.05, 4.69) is 15.3 Å². The number of alkyl halides is 3. The van der Waals surface area contributed by atoms with Crippen LogP contribution in [0.15, 0.2) is 42.6 Å². The van der Waals surface area contributed by atoms with Crippen LogP contribution in [0.2, 0.25) is 0 Å². The van der Waals surface area contributed by atoms with Crippen LogP contribution in [-0.4, -0.2) is 24.1 Å². The maximum atomic E-state index is 13.0. The van der Waals surface area contributed by atoms with E-state index in [1.165, 1.54) is 13.2 Å². The molecule has 124 valence electrons. The van der Waals surface area contributed by atoms with Crippen molar-refractivity contribution >= 4 is 16.9 Å². The fourth-order valence-corrected chi connectivity index (χ4v) is 2.49. The van der Waals surface area contributed by atoms with Gasteiger partial charge in [0.1, 0.15) is 11.3 Å². The zero-order chi connectivity index (χ0) is 17.3. The lowest BCUT2D eigenvalue weighted by Gasteiger charge is -2.12. The summed E-state index contributed by atoms with van der Waals surface area (Å²) in [6.45, 7) is 0. The minimum Gasteiger partial charge on any atom is -0.494 e. The van der Waals surface area contributed by atoms with Gasteiger partial charge in [0, 0.05) is 18.6 Å². The van der Waals surface area contributed by atoms with Crippen molar-refractivity contribution in [1.82, 2.24) is 9.97 Å². The van der Waals surface area contributed by atoms with Gasteiger partial charge < -0.3 is 10.1 Å². The lowest BCUT2D eigenvalue weighted by atomic mass is 9.99. The van der Waals surface area contributed by atoms with Crippen LogP contribution >= 0.6 is 0 Å². The molecule has 0 amide bonds. The molecule has 0 spiro atoms. The second-order valence-electron chi connectivity index (χ2n) is 5.10. The van der Waals surface area contributed by atoms with Crippen LogP contribution in [0.25, 0.3) is 22.0 Å². The first-order valence-corrected chi connectivity index (χ1v) is 7.13. The van der Waals surface area contributed by atoms with E-state index in [9.17, 15) is 13.2 Å². The molecule has 0 aliphatic heterocycles. The van der Waals surface area contributed by atoms with Gasteiger partial charge >= 0.3 is 6.18 Å². The number of hydrogen-bond donors (Lipinski definition) is 1. The SMILES string of the molecule is CNc1ncc2c(-c3cccc(C(F)(F)F)c3)ccc(OC)c2n1. The van der Waals surface area contributed by atoms with Crippen molar-refractivity contribution < 1.29 is 17.9 Å². The van der Waals surface area contributed by atoms with Gasteiger partial charge in [-0.2, -0.15) is 13.2 Å². The number of rotatable bonds is 3. The van der Waals surface area contributed by atoms with Crippen LogP contribution in [0, 0.1) is 0 Å². The lowest BCUT2D eigenvalue weighted by Crippen LogP contribution is -2.04. The van der Waals surface area contributed by atoms with Crippen molar-refractivity contribution in [3.8, 4) is 16.9 Å². The minimum atomic E-state index is -4.39.